The lowest BCUT2D eigenvalue weighted by Gasteiger charge is -2.05. The Bertz CT molecular complexity index is 554. The van der Waals surface area contributed by atoms with Crippen LogP contribution in [-0.2, 0) is 6.42 Å². The van der Waals surface area contributed by atoms with Gasteiger partial charge in [-0.15, -0.1) is 5.10 Å². The fourth-order valence-electron chi connectivity index (χ4n) is 1.58. The molecular weight excluding hydrogens is 270 g/mol. The van der Waals surface area contributed by atoms with Crippen molar-refractivity contribution in [2.75, 3.05) is 30.9 Å². The van der Waals surface area contributed by atoms with Gasteiger partial charge in [0, 0.05) is 20.6 Å². The first-order chi connectivity index (χ1) is 10.1. The minimum Gasteiger partial charge on any atom is -0.504 e. The van der Waals surface area contributed by atoms with Gasteiger partial charge in [-0.3, -0.25) is 0 Å². The molecule has 2 aromatic rings. The summed E-state index contributed by atoms with van der Waals surface area (Å²) in [5, 5.41) is 28.5. The Kier molecular flexibility index (Phi) is 6.32. The Morgan fingerprint density at radius 1 is 1.19 bits per heavy atom. The highest BCUT2D eigenvalue weighted by atomic mass is 16.3. The molecule has 0 saturated carbocycles. The topological polar surface area (TPSA) is 97.3 Å². The number of aromatic hydroxyl groups is 2. The average Bonchev–Trinajstić information content (AvgIpc) is 2.94. The molecule has 0 amide bonds. The standard InChI is InChI=1S/C12H17N5O2.C2H6/c1-17(2)12-14-11(15-16-12)13-6-5-8-3-4-9(18)10(19)7-8;1-2/h3-4,7,18-19H,5-6H2,1-2H3,(H2,13,14,15,16);1-2H3. The zero-order valence-electron chi connectivity index (χ0n) is 12.9. The summed E-state index contributed by atoms with van der Waals surface area (Å²) in [5.41, 5.74) is 0.926. The van der Waals surface area contributed by atoms with E-state index in [0.29, 0.717) is 24.9 Å². The molecule has 1 aromatic heterocycles. The Balaban J connectivity index is 0.00000106. The van der Waals surface area contributed by atoms with Crippen molar-refractivity contribution >= 4 is 11.9 Å². The number of aromatic nitrogens is 3. The minimum absolute atomic E-state index is 0.105. The van der Waals surface area contributed by atoms with Crippen LogP contribution in [0.15, 0.2) is 18.2 Å². The number of nitrogens with one attached hydrogen (secondary N) is 2. The summed E-state index contributed by atoms with van der Waals surface area (Å²) in [5.74, 6) is 1.01. The summed E-state index contributed by atoms with van der Waals surface area (Å²) in [4.78, 5) is 6.04. The van der Waals surface area contributed by atoms with Crippen LogP contribution in [0.25, 0.3) is 0 Å². The Morgan fingerprint density at radius 3 is 2.48 bits per heavy atom. The summed E-state index contributed by atoms with van der Waals surface area (Å²) < 4.78 is 0. The number of phenolic OH excluding ortho intramolecular Hbond substituents is 2. The fourth-order valence-corrected chi connectivity index (χ4v) is 1.58. The molecule has 116 valence electrons. The molecule has 21 heavy (non-hydrogen) atoms. The third kappa shape index (κ3) is 4.87. The van der Waals surface area contributed by atoms with Crippen molar-refractivity contribution in [2.24, 2.45) is 0 Å². The van der Waals surface area contributed by atoms with Crippen molar-refractivity contribution in [1.82, 2.24) is 15.2 Å². The summed E-state index contributed by atoms with van der Waals surface area (Å²) in [7, 11) is 3.73. The summed E-state index contributed by atoms with van der Waals surface area (Å²) in [6, 6.07) is 4.79. The lowest BCUT2D eigenvalue weighted by atomic mass is 10.1. The smallest absolute Gasteiger partial charge is 0.245 e. The van der Waals surface area contributed by atoms with Gasteiger partial charge in [-0.2, -0.15) is 4.98 Å². The second-order valence-electron chi connectivity index (χ2n) is 4.38. The maximum absolute atomic E-state index is 9.38. The van der Waals surface area contributed by atoms with Crippen LogP contribution >= 0.6 is 0 Å². The van der Waals surface area contributed by atoms with Gasteiger partial charge in [0.2, 0.25) is 11.9 Å². The van der Waals surface area contributed by atoms with E-state index in [9.17, 15) is 10.2 Å². The number of hydrogen-bond donors (Lipinski definition) is 4. The number of aromatic amines is 1. The van der Waals surface area contributed by atoms with Crippen molar-refractivity contribution in [3.63, 3.8) is 0 Å². The zero-order chi connectivity index (χ0) is 15.8. The van der Waals surface area contributed by atoms with E-state index >= 15 is 0 Å². The van der Waals surface area contributed by atoms with Gasteiger partial charge in [0.1, 0.15) is 0 Å². The molecule has 0 spiro atoms. The molecule has 0 saturated heterocycles. The third-order valence-electron chi connectivity index (χ3n) is 2.62. The van der Waals surface area contributed by atoms with Gasteiger partial charge in [0.05, 0.1) is 0 Å². The van der Waals surface area contributed by atoms with Crippen molar-refractivity contribution in [3.8, 4) is 11.5 Å². The Labute approximate surface area is 124 Å². The Morgan fingerprint density at radius 2 is 1.90 bits per heavy atom. The van der Waals surface area contributed by atoms with E-state index in [0.717, 1.165) is 5.56 Å². The van der Waals surface area contributed by atoms with Gasteiger partial charge in [-0.25, -0.2) is 5.10 Å². The molecule has 0 aliphatic rings. The molecule has 7 heteroatoms. The molecule has 1 heterocycles. The lowest BCUT2D eigenvalue weighted by Crippen LogP contribution is -2.10. The summed E-state index contributed by atoms with van der Waals surface area (Å²) in [6.07, 6.45) is 0.700. The summed E-state index contributed by atoms with van der Waals surface area (Å²) >= 11 is 0. The van der Waals surface area contributed by atoms with Gasteiger partial charge in [0.25, 0.3) is 0 Å². The molecule has 0 aliphatic heterocycles. The van der Waals surface area contributed by atoms with E-state index in [4.69, 9.17) is 0 Å². The molecule has 1 aromatic carbocycles. The van der Waals surface area contributed by atoms with Crippen LogP contribution in [0.4, 0.5) is 11.9 Å². The van der Waals surface area contributed by atoms with Crippen molar-refractivity contribution < 1.29 is 10.2 Å². The average molecular weight is 293 g/mol. The molecule has 2 rings (SSSR count). The predicted octanol–water partition coefficient (Wildman–Crippen LogP) is 1.96. The number of anilines is 2. The molecule has 0 unspecified atom stereocenters. The molecule has 0 aliphatic carbocycles. The second-order valence-corrected chi connectivity index (χ2v) is 4.38. The van der Waals surface area contributed by atoms with Gasteiger partial charge in [0.15, 0.2) is 11.5 Å². The predicted molar refractivity (Wildman–Crippen MR) is 84.0 cm³/mol. The van der Waals surface area contributed by atoms with E-state index in [-0.39, 0.29) is 11.5 Å². The number of benzene rings is 1. The normalized spacial score (nSPS) is 9.71. The zero-order valence-corrected chi connectivity index (χ0v) is 12.9. The molecule has 0 fully saturated rings. The lowest BCUT2D eigenvalue weighted by molar-refractivity contribution is 0.403. The number of nitrogens with zero attached hydrogens (tertiary/aromatic N) is 3. The minimum atomic E-state index is -0.109. The molecule has 4 N–H and O–H groups in total. The van der Waals surface area contributed by atoms with Crippen LogP contribution in [-0.4, -0.2) is 46.0 Å². The number of H-pyrrole nitrogens is 1. The second kappa shape index (κ2) is 7.98. The SMILES string of the molecule is CC.CN(C)c1n[nH]c(NCCc2ccc(O)c(O)c2)n1. The largest absolute Gasteiger partial charge is 0.504 e. The van der Waals surface area contributed by atoms with Crippen LogP contribution in [0.3, 0.4) is 0 Å². The van der Waals surface area contributed by atoms with Crippen molar-refractivity contribution in [1.29, 1.82) is 0 Å². The first kappa shape index (κ1) is 16.6. The van der Waals surface area contributed by atoms with Gasteiger partial charge in [-0.05, 0) is 24.1 Å². The summed E-state index contributed by atoms with van der Waals surface area (Å²) in [6.45, 7) is 4.65. The van der Waals surface area contributed by atoms with Gasteiger partial charge < -0.3 is 20.4 Å². The highest BCUT2D eigenvalue weighted by Gasteiger charge is 2.04. The van der Waals surface area contributed by atoms with Crippen molar-refractivity contribution in [2.45, 2.75) is 20.3 Å². The van der Waals surface area contributed by atoms with E-state index in [1.165, 1.54) is 6.07 Å². The monoisotopic (exact) mass is 293 g/mol. The first-order valence-corrected chi connectivity index (χ1v) is 6.90. The highest BCUT2D eigenvalue weighted by Crippen LogP contribution is 2.24. The van der Waals surface area contributed by atoms with E-state index in [2.05, 4.69) is 20.5 Å². The van der Waals surface area contributed by atoms with Crippen LogP contribution in [0.5, 0.6) is 11.5 Å². The number of rotatable bonds is 5. The maximum atomic E-state index is 9.38. The molecular formula is C14H23N5O2. The molecule has 0 atom stereocenters. The van der Waals surface area contributed by atoms with Crippen molar-refractivity contribution in [3.05, 3.63) is 23.8 Å². The molecule has 0 bridgehead atoms. The maximum Gasteiger partial charge on any atom is 0.245 e. The quantitative estimate of drug-likeness (QED) is 0.629. The van der Waals surface area contributed by atoms with Gasteiger partial charge in [-0.1, -0.05) is 19.9 Å². The van der Waals surface area contributed by atoms with Crippen LogP contribution in [0.1, 0.15) is 19.4 Å². The van der Waals surface area contributed by atoms with E-state index in [1.54, 1.807) is 17.0 Å². The fraction of sp³-hybridized carbons (Fsp3) is 0.429. The first-order valence-electron chi connectivity index (χ1n) is 6.90. The highest BCUT2D eigenvalue weighted by molar-refractivity contribution is 5.41. The number of hydrogen-bond acceptors (Lipinski definition) is 6. The molecule has 0 radical (unpaired) electrons. The van der Waals surface area contributed by atoms with Crippen LogP contribution in [0, 0.1) is 0 Å². The Hall–Kier alpha value is -2.44. The number of phenols is 2. The molecule has 7 nitrogen and oxygen atoms in total. The van der Waals surface area contributed by atoms with E-state index in [1.807, 2.05) is 27.9 Å². The van der Waals surface area contributed by atoms with Crippen LogP contribution in [0.2, 0.25) is 0 Å². The van der Waals surface area contributed by atoms with Gasteiger partial charge >= 0.3 is 0 Å². The third-order valence-corrected chi connectivity index (χ3v) is 2.62. The van der Waals surface area contributed by atoms with Crippen LogP contribution < -0.4 is 10.2 Å². The van der Waals surface area contributed by atoms with E-state index < -0.39 is 0 Å².